The predicted octanol–water partition coefficient (Wildman–Crippen LogP) is 5.52. The van der Waals surface area contributed by atoms with Crippen LogP contribution >= 0.6 is 12.2 Å². The van der Waals surface area contributed by atoms with Crippen molar-refractivity contribution in [3.05, 3.63) is 88.5 Å². The highest BCUT2D eigenvalue weighted by Gasteiger charge is 2.04. The molecule has 0 saturated heterocycles. The molecule has 9 nitrogen and oxygen atoms in total. The van der Waals surface area contributed by atoms with Gasteiger partial charge in [0.2, 0.25) is 0 Å². The van der Waals surface area contributed by atoms with E-state index >= 15 is 0 Å². The van der Waals surface area contributed by atoms with Crippen molar-refractivity contribution in [3.8, 4) is 0 Å². The van der Waals surface area contributed by atoms with E-state index in [1.54, 1.807) is 36.4 Å². The SMILES string of the molecule is O=C(O)c1ccc(NC(=S)Nc2ccc(N=Nc3ccc([N+](=O)[O-])cc3)cc2)cc1. The summed E-state index contributed by atoms with van der Waals surface area (Å²) < 4.78 is 0. The highest BCUT2D eigenvalue weighted by molar-refractivity contribution is 7.80. The molecule has 0 amide bonds. The van der Waals surface area contributed by atoms with Crippen LogP contribution < -0.4 is 10.6 Å². The molecule has 0 bridgehead atoms. The first-order valence-corrected chi connectivity index (χ1v) is 8.99. The lowest BCUT2D eigenvalue weighted by Crippen LogP contribution is -2.18. The lowest BCUT2D eigenvalue weighted by molar-refractivity contribution is -0.384. The second kappa shape index (κ2) is 9.34. The number of azo groups is 1. The summed E-state index contributed by atoms with van der Waals surface area (Å²) >= 11 is 5.25. The number of hydrogen-bond donors (Lipinski definition) is 3. The van der Waals surface area contributed by atoms with Crippen LogP contribution in [0, 0.1) is 10.1 Å². The van der Waals surface area contributed by atoms with Gasteiger partial charge in [0.1, 0.15) is 0 Å². The van der Waals surface area contributed by atoms with Crippen LogP contribution in [0.5, 0.6) is 0 Å². The van der Waals surface area contributed by atoms with E-state index in [2.05, 4.69) is 20.9 Å². The summed E-state index contributed by atoms with van der Waals surface area (Å²) in [6, 6.07) is 19.0. The summed E-state index contributed by atoms with van der Waals surface area (Å²) in [4.78, 5) is 21.0. The monoisotopic (exact) mass is 421 g/mol. The van der Waals surface area contributed by atoms with Gasteiger partial charge in [0.15, 0.2) is 5.11 Å². The predicted molar refractivity (Wildman–Crippen MR) is 117 cm³/mol. The standard InChI is InChI=1S/C20H15N5O4S/c26-19(27)13-1-3-14(4-2-13)21-20(30)22-15-5-7-16(8-6-15)23-24-17-9-11-18(12-10-17)25(28)29/h1-12H,(H,26,27)(H2,21,22,30). The van der Waals surface area contributed by atoms with Gasteiger partial charge in [-0.2, -0.15) is 10.2 Å². The normalized spacial score (nSPS) is 10.5. The zero-order chi connectivity index (χ0) is 21.5. The highest BCUT2D eigenvalue weighted by Crippen LogP contribution is 2.22. The molecule has 3 rings (SSSR count). The average molecular weight is 421 g/mol. The largest absolute Gasteiger partial charge is 0.478 e. The number of hydrogen-bond acceptors (Lipinski definition) is 6. The molecule has 3 N–H and O–H groups in total. The van der Waals surface area contributed by atoms with Crippen molar-refractivity contribution in [2.24, 2.45) is 10.2 Å². The van der Waals surface area contributed by atoms with Crippen molar-refractivity contribution in [1.29, 1.82) is 0 Å². The van der Waals surface area contributed by atoms with Crippen LogP contribution in [0.15, 0.2) is 83.0 Å². The molecular formula is C20H15N5O4S. The minimum atomic E-state index is -0.993. The number of thiocarbonyl (C=S) groups is 1. The third-order valence-electron chi connectivity index (χ3n) is 3.86. The number of carboxylic acid groups (broad SMARTS) is 1. The third kappa shape index (κ3) is 5.66. The summed E-state index contributed by atoms with van der Waals surface area (Å²) in [5.41, 5.74) is 2.67. The number of benzene rings is 3. The quantitative estimate of drug-likeness (QED) is 0.207. The van der Waals surface area contributed by atoms with E-state index in [9.17, 15) is 14.9 Å². The zero-order valence-electron chi connectivity index (χ0n) is 15.4. The van der Waals surface area contributed by atoms with Crippen LogP contribution in [0.1, 0.15) is 10.4 Å². The maximum Gasteiger partial charge on any atom is 0.335 e. The molecule has 0 atom stereocenters. The van der Waals surface area contributed by atoms with E-state index in [-0.39, 0.29) is 11.3 Å². The minimum absolute atomic E-state index is 0.00761. The van der Waals surface area contributed by atoms with Crippen molar-refractivity contribution in [2.75, 3.05) is 10.6 Å². The number of nitrogens with one attached hydrogen (secondary N) is 2. The Hall–Kier alpha value is -4.18. The van der Waals surface area contributed by atoms with Crippen LogP contribution in [0.4, 0.5) is 28.4 Å². The van der Waals surface area contributed by atoms with Crippen LogP contribution in [-0.4, -0.2) is 21.1 Å². The summed E-state index contributed by atoms with van der Waals surface area (Å²) in [5.74, 6) is -0.993. The van der Waals surface area contributed by atoms with Gasteiger partial charge >= 0.3 is 5.97 Å². The van der Waals surface area contributed by atoms with E-state index in [1.807, 2.05) is 0 Å². The average Bonchev–Trinajstić information content (AvgIpc) is 2.74. The first-order valence-electron chi connectivity index (χ1n) is 8.58. The van der Waals surface area contributed by atoms with E-state index in [1.165, 1.54) is 36.4 Å². The van der Waals surface area contributed by atoms with Crippen molar-refractivity contribution in [2.45, 2.75) is 0 Å². The third-order valence-corrected chi connectivity index (χ3v) is 4.06. The molecule has 3 aromatic rings. The van der Waals surface area contributed by atoms with E-state index in [4.69, 9.17) is 17.3 Å². The first kappa shape index (κ1) is 20.6. The number of non-ortho nitro benzene ring substituents is 1. The number of aromatic carboxylic acids is 1. The van der Waals surface area contributed by atoms with E-state index < -0.39 is 10.9 Å². The number of carboxylic acids is 1. The number of anilines is 2. The van der Waals surface area contributed by atoms with Crippen LogP contribution in [0.2, 0.25) is 0 Å². The molecule has 10 heteroatoms. The van der Waals surface area contributed by atoms with Crippen molar-refractivity contribution in [3.63, 3.8) is 0 Å². The van der Waals surface area contributed by atoms with E-state index in [0.29, 0.717) is 22.2 Å². The molecule has 0 aromatic heterocycles. The summed E-state index contributed by atoms with van der Waals surface area (Å²) in [5, 5.41) is 34.0. The van der Waals surface area contributed by atoms with Gasteiger partial charge in [-0.25, -0.2) is 4.79 Å². The molecule has 0 fully saturated rings. The Kier molecular flexibility index (Phi) is 6.40. The Morgan fingerprint density at radius 1 is 0.833 bits per heavy atom. The van der Waals surface area contributed by atoms with Crippen LogP contribution in [-0.2, 0) is 0 Å². The lowest BCUT2D eigenvalue weighted by atomic mass is 10.2. The maximum absolute atomic E-state index is 10.9. The highest BCUT2D eigenvalue weighted by atomic mass is 32.1. The number of nitro groups is 1. The Labute approximate surface area is 176 Å². The van der Waals surface area contributed by atoms with Crippen molar-refractivity contribution >= 4 is 51.7 Å². The van der Waals surface area contributed by atoms with Gasteiger partial charge in [0.05, 0.1) is 21.9 Å². The van der Waals surface area contributed by atoms with Gasteiger partial charge in [-0.05, 0) is 72.9 Å². The molecule has 30 heavy (non-hydrogen) atoms. The van der Waals surface area contributed by atoms with Crippen molar-refractivity contribution in [1.82, 2.24) is 0 Å². The molecule has 0 aliphatic rings. The summed E-state index contributed by atoms with van der Waals surface area (Å²) in [7, 11) is 0. The van der Waals surface area contributed by atoms with Crippen LogP contribution in [0.3, 0.4) is 0 Å². The second-order valence-corrected chi connectivity index (χ2v) is 6.39. The molecule has 0 saturated carbocycles. The number of rotatable bonds is 6. The molecular weight excluding hydrogens is 406 g/mol. The number of nitro benzene ring substituents is 1. The lowest BCUT2D eigenvalue weighted by Gasteiger charge is -2.10. The minimum Gasteiger partial charge on any atom is -0.478 e. The zero-order valence-corrected chi connectivity index (χ0v) is 16.2. The van der Waals surface area contributed by atoms with Gasteiger partial charge in [0, 0.05) is 23.5 Å². The summed E-state index contributed by atoms with van der Waals surface area (Å²) in [6.45, 7) is 0. The van der Waals surface area contributed by atoms with Gasteiger partial charge in [-0.3, -0.25) is 10.1 Å². The fourth-order valence-electron chi connectivity index (χ4n) is 2.36. The maximum atomic E-state index is 10.9. The Morgan fingerprint density at radius 2 is 1.27 bits per heavy atom. The Balaban J connectivity index is 1.56. The molecule has 3 aromatic carbocycles. The van der Waals surface area contributed by atoms with Gasteiger partial charge in [-0.15, -0.1) is 0 Å². The van der Waals surface area contributed by atoms with E-state index in [0.717, 1.165) is 5.69 Å². The second-order valence-electron chi connectivity index (χ2n) is 5.98. The smallest absolute Gasteiger partial charge is 0.335 e. The molecule has 0 aliphatic carbocycles. The Bertz CT molecular complexity index is 1100. The van der Waals surface area contributed by atoms with Crippen LogP contribution in [0.25, 0.3) is 0 Å². The first-order chi connectivity index (χ1) is 14.4. The molecule has 0 aliphatic heterocycles. The van der Waals surface area contributed by atoms with Gasteiger partial charge in [0.25, 0.3) is 5.69 Å². The number of carbonyl (C=O) groups is 1. The summed E-state index contributed by atoms with van der Waals surface area (Å²) in [6.07, 6.45) is 0. The fraction of sp³-hybridized carbons (Fsp3) is 0. The van der Waals surface area contributed by atoms with Gasteiger partial charge in [-0.1, -0.05) is 0 Å². The molecule has 0 heterocycles. The molecule has 0 spiro atoms. The Morgan fingerprint density at radius 3 is 1.70 bits per heavy atom. The number of nitrogens with zero attached hydrogens (tertiary/aromatic N) is 3. The van der Waals surface area contributed by atoms with Gasteiger partial charge < -0.3 is 15.7 Å². The molecule has 0 unspecified atom stereocenters. The molecule has 0 radical (unpaired) electrons. The topological polar surface area (TPSA) is 129 Å². The molecule has 150 valence electrons. The van der Waals surface area contributed by atoms with Crippen molar-refractivity contribution < 1.29 is 14.8 Å². The fourth-order valence-corrected chi connectivity index (χ4v) is 2.59.